The maximum atomic E-state index is 13.3. The second-order valence-electron chi connectivity index (χ2n) is 10.1. The van der Waals surface area contributed by atoms with Gasteiger partial charge >= 0.3 is 0 Å². The Labute approximate surface area is 188 Å². The number of imide groups is 1. The smallest absolute Gasteiger partial charge is 0.262 e. The number of carbonyl (C=O) groups excluding carboxylic acids is 3. The van der Waals surface area contributed by atoms with E-state index in [1.54, 1.807) is 24.3 Å². The fourth-order valence-electron chi connectivity index (χ4n) is 3.61. The van der Waals surface area contributed by atoms with Crippen molar-refractivity contribution in [3.8, 4) is 0 Å². The molecule has 0 bridgehead atoms. The maximum Gasteiger partial charge on any atom is 0.262 e. The van der Waals surface area contributed by atoms with Crippen molar-refractivity contribution in [3.05, 3.63) is 35.4 Å². The van der Waals surface area contributed by atoms with Gasteiger partial charge in [0.05, 0.1) is 17.7 Å². The van der Waals surface area contributed by atoms with Crippen LogP contribution in [0.4, 0.5) is 0 Å². The minimum atomic E-state index is -2.11. The summed E-state index contributed by atoms with van der Waals surface area (Å²) in [5, 5.41) is -0.0163. The number of ketones is 1. The van der Waals surface area contributed by atoms with E-state index in [1.807, 2.05) is 0 Å². The molecule has 5 nitrogen and oxygen atoms in total. The molecule has 0 saturated heterocycles. The van der Waals surface area contributed by atoms with Gasteiger partial charge in [0.2, 0.25) is 0 Å². The van der Waals surface area contributed by atoms with Crippen molar-refractivity contribution >= 4 is 25.9 Å². The van der Waals surface area contributed by atoms with Crippen LogP contribution in [0.5, 0.6) is 0 Å². The second kappa shape index (κ2) is 10.7. The summed E-state index contributed by atoms with van der Waals surface area (Å²) >= 11 is 0. The number of fused-ring (bicyclic) bond motifs is 1. The Balaban J connectivity index is 2.14. The first-order chi connectivity index (χ1) is 14.5. The van der Waals surface area contributed by atoms with Crippen LogP contribution in [0.3, 0.4) is 0 Å². The Morgan fingerprint density at radius 1 is 0.968 bits per heavy atom. The molecule has 1 aliphatic rings. The van der Waals surface area contributed by atoms with Crippen LogP contribution in [0.25, 0.3) is 0 Å². The highest BCUT2D eigenvalue weighted by atomic mass is 28.4. The number of carbonyl (C=O) groups is 3. The Kier molecular flexibility index (Phi) is 8.78. The van der Waals surface area contributed by atoms with E-state index in [1.165, 1.54) is 24.2 Å². The molecule has 2 amide bonds. The number of nitrogens with zero attached hydrogens (tertiary/aromatic N) is 1. The molecule has 6 heteroatoms. The summed E-state index contributed by atoms with van der Waals surface area (Å²) in [6.45, 7) is 12.7. The van der Waals surface area contributed by atoms with Gasteiger partial charge in [-0.1, -0.05) is 78.4 Å². The second-order valence-corrected chi connectivity index (χ2v) is 14.9. The quantitative estimate of drug-likeness (QED) is 0.225. The standard InChI is InChI=1S/C25H39NO4Si/c1-7-8-9-10-11-12-17-21(22(27)18-30-31(5,6)25(2,3)4)26-23(28)19-15-13-14-16-20(19)24(26)29/h13-16,21H,7-12,17-18H2,1-6H3/t21-/m1/s1. The van der Waals surface area contributed by atoms with Gasteiger partial charge in [-0.05, 0) is 36.7 Å². The summed E-state index contributed by atoms with van der Waals surface area (Å²) < 4.78 is 6.14. The molecule has 0 unspecified atom stereocenters. The number of amides is 2. The van der Waals surface area contributed by atoms with E-state index in [2.05, 4.69) is 40.8 Å². The minimum Gasteiger partial charge on any atom is -0.409 e. The predicted octanol–water partition coefficient (Wildman–Crippen LogP) is 5.99. The lowest BCUT2D eigenvalue weighted by Gasteiger charge is -2.36. The van der Waals surface area contributed by atoms with Gasteiger partial charge in [0.15, 0.2) is 14.1 Å². The van der Waals surface area contributed by atoms with E-state index in [4.69, 9.17) is 4.43 Å². The van der Waals surface area contributed by atoms with Gasteiger partial charge in [-0.15, -0.1) is 0 Å². The molecule has 0 N–H and O–H groups in total. The number of hydrogen-bond donors (Lipinski definition) is 0. The van der Waals surface area contributed by atoms with Gasteiger partial charge in [-0.3, -0.25) is 19.3 Å². The lowest BCUT2D eigenvalue weighted by atomic mass is 10.0. The lowest BCUT2D eigenvalue weighted by molar-refractivity contribution is -0.125. The molecule has 31 heavy (non-hydrogen) atoms. The minimum absolute atomic E-state index is 0.0163. The van der Waals surface area contributed by atoms with Crippen LogP contribution in [0, 0.1) is 0 Å². The third-order valence-electron chi connectivity index (χ3n) is 6.72. The van der Waals surface area contributed by atoms with E-state index in [-0.39, 0.29) is 29.2 Å². The molecule has 0 aromatic heterocycles. The molecule has 0 saturated carbocycles. The Morgan fingerprint density at radius 3 is 2.00 bits per heavy atom. The first-order valence-electron chi connectivity index (χ1n) is 11.6. The molecule has 1 aromatic carbocycles. The van der Waals surface area contributed by atoms with Gasteiger partial charge in [-0.25, -0.2) is 0 Å². The monoisotopic (exact) mass is 445 g/mol. The van der Waals surface area contributed by atoms with E-state index < -0.39 is 14.4 Å². The zero-order valence-corrected chi connectivity index (χ0v) is 21.1. The van der Waals surface area contributed by atoms with Gasteiger partial charge < -0.3 is 4.43 Å². The molecule has 1 atom stereocenters. The number of hydrogen-bond acceptors (Lipinski definition) is 4. The average molecular weight is 446 g/mol. The molecular weight excluding hydrogens is 406 g/mol. The van der Waals surface area contributed by atoms with E-state index in [0.717, 1.165) is 19.3 Å². The highest BCUT2D eigenvalue weighted by Crippen LogP contribution is 2.36. The van der Waals surface area contributed by atoms with Crippen molar-refractivity contribution < 1.29 is 18.8 Å². The number of rotatable bonds is 12. The van der Waals surface area contributed by atoms with Gasteiger partial charge in [0.1, 0.15) is 6.04 Å². The topological polar surface area (TPSA) is 63.7 Å². The largest absolute Gasteiger partial charge is 0.409 e. The zero-order valence-electron chi connectivity index (χ0n) is 20.1. The molecule has 172 valence electrons. The summed E-state index contributed by atoms with van der Waals surface area (Å²) in [4.78, 5) is 40.5. The van der Waals surface area contributed by atoms with Crippen molar-refractivity contribution in [2.45, 2.75) is 96.8 Å². The number of unbranched alkanes of at least 4 members (excludes halogenated alkanes) is 5. The fourth-order valence-corrected chi connectivity index (χ4v) is 4.54. The molecule has 1 heterocycles. The first kappa shape index (κ1) is 25.5. The summed E-state index contributed by atoms with van der Waals surface area (Å²) in [7, 11) is -2.11. The molecule has 0 radical (unpaired) electrons. The SMILES string of the molecule is CCCCCCCC[C@H](C(=O)CO[Si](C)(C)C(C)(C)C)N1C(=O)c2ccccc2C1=O. The van der Waals surface area contributed by atoms with Gasteiger partial charge in [-0.2, -0.15) is 0 Å². The molecule has 0 aliphatic carbocycles. The molecule has 1 aliphatic heterocycles. The number of benzene rings is 1. The van der Waals surface area contributed by atoms with Crippen molar-refractivity contribution in [2.75, 3.05) is 6.61 Å². The highest BCUT2D eigenvalue weighted by molar-refractivity contribution is 6.74. The van der Waals surface area contributed by atoms with Crippen molar-refractivity contribution in [1.29, 1.82) is 0 Å². The zero-order chi connectivity index (χ0) is 23.2. The van der Waals surface area contributed by atoms with Crippen LogP contribution >= 0.6 is 0 Å². The van der Waals surface area contributed by atoms with E-state index in [9.17, 15) is 14.4 Å². The van der Waals surface area contributed by atoms with Crippen molar-refractivity contribution in [3.63, 3.8) is 0 Å². The van der Waals surface area contributed by atoms with Crippen LogP contribution < -0.4 is 0 Å². The van der Waals surface area contributed by atoms with Crippen LogP contribution in [0.2, 0.25) is 18.1 Å². The van der Waals surface area contributed by atoms with E-state index in [0.29, 0.717) is 17.5 Å². The van der Waals surface area contributed by atoms with Crippen LogP contribution in [0.15, 0.2) is 24.3 Å². The molecule has 0 spiro atoms. The predicted molar refractivity (Wildman–Crippen MR) is 127 cm³/mol. The first-order valence-corrected chi connectivity index (χ1v) is 14.6. The average Bonchev–Trinajstić information content (AvgIpc) is 2.96. The summed E-state index contributed by atoms with van der Waals surface area (Å²) in [5.41, 5.74) is 0.775. The highest BCUT2D eigenvalue weighted by Gasteiger charge is 2.43. The Morgan fingerprint density at radius 2 is 1.48 bits per heavy atom. The molecule has 2 rings (SSSR count). The third kappa shape index (κ3) is 6.13. The Bertz CT molecular complexity index is 762. The fraction of sp³-hybridized carbons (Fsp3) is 0.640. The van der Waals surface area contributed by atoms with Crippen LogP contribution in [0.1, 0.15) is 93.4 Å². The Hall–Kier alpha value is -1.79. The maximum absolute atomic E-state index is 13.3. The number of Topliss-reactive ketones (excluding diaryl/α,β-unsaturated/α-hetero) is 1. The van der Waals surface area contributed by atoms with E-state index >= 15 is 0 Å². The van der Waals surface area contributed by atoms with Crippen molar-refractivity contribution in [2.24, 2.45) is 0 Å². The van der Waals surface area contributed by atoms with Gasteiger partial charge in [0.25, 0.3) is 11.8 Å². The molecule has 1 aromatic rings. The third-order valence-corrected chi connectivity index (χ3v) is 11.2. The van der Waals surface area contributed by atoms with Crippen molar-refractivity contribution in [1.82, 2.24) is 4.90 Å². The summed E-state index contributed by atoms with van der Waals surface area (Å²) in [5.74, 6) is -0.901. The van der Waals surface area contributed by atoms with Crippen LogP contribution in [-0.2, 0) is 9.22 Å². The molecular formula is C25H39NO4Si. The normalized spacial score (nSPS) is 15.4. The summed E-state index contributed by atoms with van der Waals surface area (Å²) in [6, 6.07) is 6.06. The lowest BCUT2D eigenvalue weighted by Crippen LogP contribution is -2.48. The summed E-state index contributed by atoms with van der Waals surface area (Å²) in [6.07, 6.45) is 6.98. The van der Waals surface area contributed by atoms with Gasteiger partial charge in [0, 0.05) is 0 Å². The molecule has 0 fully saturated rings. The van der Waals surface area contributed by atoms with Crippen LogP contribution in [-0.4, -0.2) is 43.5 Å².